The smallest absolute Gasteiger partial charge is 0.240 e. The standard InChI is InChI=1S/C18H23N3O4/c1-12-9-18(25-20-12)19-17(22)11-21-8-4-5-15(21)14-10-13(23-2)6-7-16(14)24-3/h6-7,9-10,15H,4-5,8,11H2,1-3H3,(H,19,22)/t15-/m1/s1. The molecule has 3 rings (SSSR count). The van der Waals surface area contributed by atoms with E-state index in [1.54, 1.807) is 20.3 Å². The molecule has 7 nitrogen and oxygen atoms in total. The molecule has 0 bridgehead atoms. The van der Waals surface area contributed by atoms with Crippen LogP contribution in [0, 0.1) is 6.92 Å². The number of carbonyl (C=O) groups is 1. The zero-order valence-corrected chi connectivity index (χ0v) is 14.7. The number of carbonyl (C=O) groups excluding carboxylic acids is 1. The van der Waals surface area contributed by atoms with Crippen LogP contribution in [0.5, 0.6) is 11.5 Å². The molecule has 0 saturated carbocycles. The highest BCUT2D eigenvalue weighted by atomic mass is 16.5. The van der Waals surface area contributed by atoms with Crippen molar-refractivity contribution in [3.63, 3.8) is 0 Å². The molecule has 1 N–H and O–H groups in total. The molecule has 1 saturated heterocycles. The first-order valence-corrected chi connectivity index (χ1v) is 8.30. The summed E-state index contributed by atoms with van der Waals surface area (Å²) in [4.78, 5) is 14.5. The minimum absolute atomic E-state index is 0.118. The second-order valence-corrected chi connectivity index (χ2v) is 6.12. The molecule has 1 amide bonds. The van der Waals surface area contributed by atoms with E-state index in [-0.39, 0.29) is 18.5 Å². The van der Waals surface area contributed by atoms with Gasteiger partial charge in [-0.1, -0.05) is 5.16 Å². The second-order valence-electron chi connectivity index (χ2n) is 6.12. The highest BCUT2D eigenvalue weighted by Gasteiger charge is 2.30. The number of ether oxygens (including phenoxy) is 2. The Balaban J connectivity index is 1.73. The number of aromatic nitrogens is 1. The van der Waals surface area contributed by atoms with Gasteiger partial charge in [0.15, 0.2) is 0 Å². The van der Waals surface area contributed by atoms with E-state index in [9.17, 15) is 4.79 Å². The van der Waals surface area contributed by atoms with E-state index in [2.05, 4.69) is 15.4 Å². The van der Waals surface area contributed by atoms with Crippen molar-refractivity contribution in [2.24, 2.45) is 0 Å². The lowest BCUT2D eigenvalue weighted by Crippen LogP contribution is -2.33. The van der Waals surface area contributed by atoms with Crippen molar-refractivity contribution >= 4 is 11.8 Å². The molecule has 1 aliphatic heterocycles. The Labute approximate surface area is 146 Å². The number of anilines is 1. The normalized spacial score (nSPS) is 17.5. The molecule has 0 spiro atoms. The van der Waals surface area contributed by atoms with Crippen LogP contribution >= 0.6 is 0 Å². The molecule has 25 heavy (non-hydrogen) atoms. The van der Waals surface area contributed by atoms with Crippen molar-refractivity contribution in [3.8, 4) is 11.5 Å². The number of aryl methyl sites for hydroxylation is 1. The van der Waals surface area contributed by atoms with Crippen molar-refractivity contribution in [3.05, 3.63) is 35.5 Å². The maximum Gasteiger partial charge on any atom is 0.240 e. The van der Waals surface area contributed by atoms with Gasteiger partial charge in [0.1, 0.15) is 11.5 Å². The minimum Gasteiger partial charge on any atom is -0.497 e. The van der Waals surface area contributed by atoms with E-state index >= 15 is 0 Å². The average molecular weight is 345 g/mol. The van der Waals surface area contributed by atoms with Crippen molar-refractivity contribution in [2.75, 3.05) is 32.6 Å². The van der Waals surface area contributed by atoms with Crippen LogP contribution in [0.2, 0.25) is 0 Å². The lowest BCUT2D eigenvalue weighted by atomic mass is 10.0. The maximum absolute atomic E-state index is 12.3. The van der Waals surface area contributed by atoms with Gasteiger partial charge in [-0.15, -0.1) is 0 Å². The summed E-state index contributed by atoms with van der Waals surface area (Å²) in [5.41, 5.74) is 1.78. The molecule has 1 aromatic heterocycles. The fourth-order valence-corrected chi connectivity index (χ4v) is 3.25. The first kappa shape index (κ1) is 17.3. The number of hydrogen-bond donors (Lipinski definition) is 1. The monoisotopic (exact) mass is 345 g/mol. The van der Waals surface area contributed by atoms with Crippen LogP contribution in [0.3, 0.4) is 0 Å². The molecule has 0 aliphatic carbocycles. The third kappa shape index (κ3) is 3.93. The first-order valence-electron chi connectivity index (χ1n) is 8.30. The zero-order chi connectivity index (χ0) is 17.8. The number of rotatable bonds is 6. The number of nitrogens with zero attached hydrogens (tertiary/aromatic N) is 2. The van der Waals surface area contributed by atoms with Gasteiger partial charge in [0.05, 0.1) is 26.5 Å². The van der Waals surface area contributed by atoms with E-state index < -0.39 is 0 Å². The predicted octanol–water partition coefficient (Wildman–Crippen LogP) is 2.78. The number of benzene rings is 1. The summed E-state index contributed by atoms with van der Waals surface area (Å²) in [6, 6.07) is 7.58. The molecule has 0 unspecified atom stereocenters. The Morgan fingerprint density at radius 1 is 1.36 bits per heavy atom. The average Bonchev–Trinajstić information content (AvgIpc) is 3.23. The van der Waals surface area contributed by atoms with Gasteiger partial charge in [-0.2, -0.15) is 0 Å². The van der Waals surface area contributed by atoms with Gasteiger partial charge in [0.25, 0.3) is 0 Å². The van der Waals surface area contributed by atoms with E-state index in [4.69, 9.17) is 14.0 Å². The summed E-state index contributed by atoms with van der Waals surface area (Å²) >= 11 is 0. The predicted molar refractivity (Wildman–Crippen MR) is 93.0 cm³/mol. The summed E-state index contributed by atoms with van der Waals surface area (Å²) in [6.45, 7) is 2.95. The Morgan fingerprint density at radius 2 is 2.20 bits per heavy atom. The number of hydrogen-bond acceptors (Lipinski definition) is 6. The van der Waals surface area contributed by atoms with Crippen LogP contribution in [0.4, 0.5) is 5.88 Å². The summed E-state index contributed by atoms with van der Waals surface area (Å²) in [6.07, 6.45) is 2.00. The quantitative estimate of drug-likeness (QED) is 0.867. The van der Waals surface area contributed by atoms with Crippen LogP contribution < -0.4 is 14.8 Å². The van der Waals surface area contributed by atoms with Gasteiger partial charge >= 0.3 is 0 Å². The number of nitrogens with one attached hydrogen (secondary N) is 1. The van der Waals surface area contributed by atoms with Crippen molar-refractivity contribution < 1.29 is 18.8 Å². The van der Waals surface area contributed by atoms with Crippen LogP contribution in [0.15, 0.2) is 28.8 Å². The molecule has 2 heterocycles. The highest BCUT2D eigenvalue weighted by Crippen LogP contribution is 2.38. The largest absolute Gasteiger partial charge is 0.497 e. The molecular formula is C18H23N3O4. The van der Waals surface area contributed by atoms with Crippen LogP contribution in [-0.4, -0.2) is 43.3 Å². The van der Waals surface area contributed by atoms with Crippen LogP contribution in [0.25, 0.3) is 0 Å². The Morgan fingerprint density at radius 3 is 2.88 bits per heavy atom. The molecule has 1 aromatic carbocycles. The van der Waals surface area contributed by atoms with Gasteiger partial charge in [-0.3, -0.25) is 15.0 Å². The van der Waals surface area contributed by atoms with E-state index in [1.807, 2.05) is 25.1 Å². The molecule has 1 aliphatic rings. The van der Waals surface area contributed by atoms with Gasteiger partial charge in [-0.25, -0.2) is 0 Å². The summed E-state index contributed by atoms with van der Waals surface area (Å²) in [5.74, 6) is 1.84. The van der Waals surface area contributed by atoms with Crippen molar-refractivity contribution in [2.45, 2.75) is 25.8 Å². The third-order valence-electron chi connectivity index (χ3n) is 4.40. The lowest BCUT2D eigenvalue weighted by molar-refractivity contribution is -0.117. The topological polar surface area (TPSA) is 76.8 Å². The fraction of sp³-hybridized carbons (Fsp3) is 0.444. The third-order valence-corrected chi connectivity index (χ3v) is 4.40. The Bertz CT molecular complexity index is 744. The second kappa shape index (κ2) is 7.57. The fourth-order valence-electron chi connectivity index (χ4n) is 3.25. The molecule has 1 atom stereocenters. The minimum atomic E-state index is -0.120. The van der Waals surface area contributed by atoms with Crippen LogP contribution in [-0.2, 0) is 4.79 Å². The molecule has 2 aromatic rings. The number of methoxy groups -OCH3 is 2. The number of likely N-dealkylation sites (tertiary alicyclic amines) is 1. The van der Waals surface area contributed by atoms with Crippen molar-refractivity contribution in [1.29, 1.82) is 0 Å². The first-order chi connectivity index (χ1) is 12.1. The lowest BCUT2D eigenvalue weighted by Gasteiger charge is -2.25. The molecule has 1 fully saturated rings. The van der Waals surface area contributed by atoms with E-state index in [0.29, 0.717) is 5.88 Å². The van der Waals surface area contributed by atoms with Crippen LogP contribution in [0.1, 0.15) is 30.1 Å². The molecule has 7 heteroatoms. The van der Waals surface area contributed by atoms with Gasteiger partial charge in [0, 0.05) is 17.7 Å². The Kier molecular flexibility index (Phi) is 5.23. The molecule has 134 valence electrons. The SMILES string of the molecule is COc1ccc(OC)c([C@H]2CCCN2CC(=O)Nc2cc(C)no2)c1. The summed E-state index contributed by atoms with van der Waals surface area (Å²) in [5, 5.41) is 6.52. The summed E-state index contributed by atoms with van der Waals surface area (Å²) < 4.78 is 15.9. The zero-order valence-electron chi connectivity index (χ0n) is 14.7. The molecular weight excluding hydrogens is 322 g/mol. The van der Waals surface area contributed by atoms with E-state index in [1.165, 1.54) is 0 Å². The van der Waals surface area contributed by atoms with E-state index in [0.717, 1.165) is 42.1 Å². The number of amides is 1. The summed E-state index contributed by atoms with van der Waals surface area (Å²) in [7, 11) is 3.30. The highest BCUT2D eigenvalue weighted by molar-refractivity contribution is 5.91. The van der Waals surface area contributed by atoms with Gasteiger partial charge in [-0.05, 0) is 44.5 Å². The van der Waals surface area contributed by atoms with Gasteiger partial charge in [0.2, 0.25) is 11.8 Å². The Hall–Kier alpha value is -2.54. The maximum atomic E-state index is 12.3. The van der Waals surface area contributed by atoms with Crippen molar-refractivity contribution in [1.82, 2.24) is 10.1 Å². The van der Waals surface area contributed by atoms with Gasteiger partial charge < -0.3 is 14.0 Å². The molecule has 0 radical (unpaired) electrons.